The van der Waals surface area contributed by atoms with Gasteiger partial charge in [-0.2, -0.15) is 5.10 Å². The van der Waals surface area contributed by atoms with Crippen LogP contribution in [0.25, 0.3) is 0 Å². The highest BCUT2D eigenvalue weighted by Gasteiger charge is 2.07. The average Bonchev–Trinajstić information content (AvgIpc) is 2.96. The molecule has 0 aliphatic carbocycles. The SMILES string of the molecule is CC(C)COc1cccc(C(=O)NCc2ncn[nH]2)c1. The number of aromatic nitrogens is 3. The maximum atomic E-state index is 12.0. The summed E-state index contributed by atoms with van der Waals surface area (Å²) in [4.78, 5) is 15.9. The highest BCUT2D eigenvalue weighted by molar-refractivity contribution is 5.94. The number of nitrogens with zero attached hydrogens (tertiary/aromatic N) is 2. The van der Waals surface area contributed by atoms with Crippen LogP contribution in [-0.4, -0.2) is 27.7 Å². The molecule has 106 valence electrons. The summed E-state index contributed by atoms with van der Waals surface area (Å²) in [5, 5.41) is 9.17. The summed E-state index contributed by atoms with van der Waals surface area (Å²) in [5.74, 6) is 1.59. The Morgan fingerprint density at radius 3 is 3.00 bits per heavy atom. The molecule has 0 aliphatic heterocycles. The summed E-state index contributed by atoms with van der Waals surface area (Å²) in [5.41, 5.74) is 0.561. The van der Waals surface area contributed by atoms with Gasteiger partial charge >= 0.3 is 0 Å². The van der Waals surface area contributed by atoms with Crippen molar-refractivity contribution in [2.45, 2.75) is 20.4 Å². The third-order valence-electron chi connectivity index (χ3n) is 2.56. The molecule has 2 rings (SSSR count). The molecule has 20 heavy (non-hydrogen) atoms. The molecule has 1 heterocycles. The lowest BCUT2D eigenvalue weighted by atomic mass is 10.2. The summed E-state index contributed by atoms with van der Waals surface area (Å²) < 4.78 is 5.60. The second-order valence-electron chi connectivity index (χ2n) is 4.85. The van der Waals surface area contributed by atoms with Gasteiger partial charge in [-0.3, -0.25) is 9.89 Å². The van der Waals surface area contributed by atoms with Gasteiger partial charge in [0, 0.05) is 5.56 Å². The number of benzene rings is 1. The van der Waals surface area contributed by atoms with E-state index in [1.165, 1.54) is 6.33 Å². The van der Waals surface area contributed by atoms with E-state index in [4.69, 9.17) is 4.74 Å². The molecule has 0 spiro atoms. The number of H-pyrrole nitrogens is 1. The van der Waals surface area contributed by atoms with Gasteiger partial charge in [-0.15, -0.1) is 0 Å². The van der Waals surface area contributed by atoms with Crippen LogP contribution in [0, 0.1) is 5.92 Å². The van der Waals surface area contributed by atoms with Crippen LogP contribution in [0.3, 0.4) is 0 Å². The second-order valence-corrected chi connectivity index (χ2v) is 4.85. The molecular formula is C14H18N4O2. The molecular weight excluding hydrogens is 256 g/mol. The van der Waals surface area contributed by atoms with Crippen LogP contribution in [0.5, 0.6) is 5.75 Å². The summed E-state index contributed by atoms with van der Waals surface area (Å²) in [7, 11) is 0. The minimum absolute atomic E-state index is 0.170. The lowest BCUT2D eigenvalue weighted by molar-refractivity contribution is 0.0949. The predicted octanol–water partition coefficient (Wildman–Crippen LogP) is 1.77. The van der Waals surface area contributed by atoms with Gasteiger partial charge < -0.3 is 10.1 Å². The maximum absolute atomic E-state index is 12.0. The van der Waals surface area contributed by atoms with Crippen LogP contribution in [0.2, 0.25) is 0 Å². The molecule has 0 unspecified atom stereocenters. The standard InChI is InChI=1S/C14H18N4O2/c1-10(2)8-20-12-5-3-4-11(6-12)14(19)15-7-13-16-9-17-18-13/h3-6,9-10H,7-8H2,1-2H3,(H,15,19)(H,16,17,18). The number of hydrogen-bond donors (Lipinski definition) is 2. The average molecular weight is 274 g/mol. The minimum Gasteiger partial charge on any atom is -0.493 e. The normalized spacial score (nSPS) is 10.6. The number of carbonyl (C=O) groups excluding carboxylic acids is 1. The third kappa shape index (κ3) is 4.08. The van der Waals surface area contributed by atoms with E-state index in [-0.39, 0.29) is 5.91 Å². The summed E-state index contributed by atoms with van der Waals surface area (Å²) >= 11 is 0. The van der Waals surface area contributed by atoms with E-state index in [0.717, 1.165) is 0 Å². The first kappa shape index (κ1) is 14.0. The fourth-order valence-corrected chi connectivity index (χ4v) is 1.57. The van der Waals surface area contributed by atoms with Crippen LogP contribution in [-0.2, 0) is 6.54 Å². The molecule has 1 aromatic carbocycles. The van der Waals surface area contributed by atoms with E-state index in [2.05, 4.69) is 34.3 Å². The lowest BCUT2D eigenvalue weighted by Crippen LogP contribution is -2.23. The molecule has 0 fully saturated rings. The molecule has 2 aromatic rings. The fraction of sp³-hybridized carbons (Fsp3) is 0.357. The second kappa shape index (κ2) is 6.70. The van der Waals surface area contributed by atoms with E-state index in [1.807, 2.05) is 6.07 Å². The molecule has 0 saturated heterocycles. The monoisotopic (exact) mass is 274 g/mol. The van der Waals surface area contributed by atoms with Gasteiger partial charge in [0.25, 0.3) is 5.91 Å². The highest BCUT2D eigenvalue weighted by Crippen LogP contribution is 2.14. The van der Waals surface area contributed by atoms with Gasteiger partial charge in [-0.1, -0.05) is 19.9 Å². The molecule has 0 radical (unpaired) electrons. The molecule has 6 heteroatoms. The van der Waals surface area contributed by atoms with Crippen LogP contribution in [0.15, 0.2) is 30.6 Å². The first-order chi connectivity index (χ1) is 9.65. The number of hydrogen-bond acceptors (Lipinski definition) is 4. The summed E-state index contributed by atoms with van der Waals surface area (Å²) in [6.45, 7) is 5.10. The van der Waals surface area contributed by atoms with Crippen molar-refractivity contribution in [1.29, 1.82) is 0 Å². The zero-order valence-electron chi connectivity index (χ0n) is 11.6. The van der Waals surface area contributed by atoms with E-state index in [0.29, 0.717) is 36.2 Å². The van der Waals surface area contributed by atoms with Gasteiger partial charge in [-0.05, 0) is 24.1 Å². The van der Waals surface area contributed by atoms with Gasteiger partial charge in [0.1, 0.15) is 17.9 Å². The number of carbonyl (C=O) groups is 1. The Bertz CT molecular complexity index is 552. The quantitative estimate of drug-likeness (QED) is 0.841. The summed E-state index contributed by atoms with van der Waals surface area (Å²) in [6.07, 6.45) is 1.40. The third-order valence-corrected chi connectivity index (χ3v) is 2.56. The van der Waals surface area contributed by atoms with Crippen molar-refractivity contribution in [3.05, 3.63) is 42.0 Å². The Hall–Kier alpha value is -2.37. The first-order valence-corrected chi connectivity index (χ1v) is 6.50. The largest absolute Gasteiger partial charge is 0.493 e. The number of nitrogens with one attached hydrogen (secondary N) is 2. The topological polar surface area (TPSA) is 79.9 Å². The fourth-order valence-electron chi connectivity index (χ4n) is 1.57. The van der Waals surface area contributed by atoms with Gasteiger partial charge in [0.2, 0.25) is 0 Å². The van der Waals surface area contributed by atoms with Crippen LogP contribution in [0.1, 0.15) is 30.0 Å². The molecule has 0 saturated carbocycles. The Kier molecular flexibility index (Phi) is 4.70. The van der Waals surface area contributed by atoms with Crippen molar-refractivity contribution in [3.63, 3.8) is 0 Å². The van der Waals surface area contributed by atoms with E-state index in [1.54, 1.807) is 18.2 Å². The zero-order chi connectivity index (χ0) is 14.4. The van der Waals surface area contributed by atoms with Crippen LogP contribution >= 0.6 is 0 Å². The summed E-state index contributed by atoms with van der Waals surface area (Å²) in [6, 6.07) is 7.13. The Labute approximate surface area is 117 Å². The van der Waals surface area contributed by atoms with Gasteiger partial charge in [0.05, 0.1) is 13.2 Å². The number of rotatable bonds is 6. The molecule has 6 nitrogen and oxygen atoms in total. The molecule has 1 aromatic heterocycles. The van der Waals surface area contributed by atoms with E-state index >= 15 is 0 Å². The zero-order valence-corrected chi connectivity index (χ0v) is 11.6. The Balaban J connectivity index is 1.93. The van der Waals surface area contributed by atoms with E-state index in [9.17, 15) is 4.79 Å². The molecule has 1 amide bonds. The van der Waals surface area contributed by atoms with Crippen LogP contribution < -0.4 is 10.1 Å². The van der Waals surface area contributed by atoms with Gasteiger partial charge in [-0.25, -0.2) is 4.98 Å². The van der Waals surface area contributed by atoms with Crippen molar-refractivity contribution in [2.24, 2.45) is 5.92 Å². The first-order valence-electron chi connectivity index (χ1n) is 6.50. The maximum Gasteiger partial charge on any atom is 0.251 e. The smallest absolute Gasteiger partial charge is 0.251 e. The van der Waals surface area contributed by atoms with Gasteiger partial charge in [0.15, 0.2) is 0 Å². The number of aromatic amines is 1. The molecule has 2 N–H and O–H groups in total. The van der Waals surface area contributed by atoms with E-state index < -0.39 is 0 Å². The van der Waals surface area contributed by atoms with Crippen molar-refractivity contribution >= 4 is 5.91 Å². The van der Waals surface area contributed by atoms with Crippen LogP contribution in [0.4, 0.5) is 0 Å². The number of ether oxygens (including phenoxy) is 1. The lowest BCUT2D eigenvalue weighted by Gasteiger charge is -2.10. The molecule has 0 atom stereocenters. The van der Waals surface area contributed by atoms with Crippen molar-refractivity contribution in [1.82, 2.24) is 20.5 Å². The highest BCUT2D eigenvalue weighted by atomic mass is 16.5. The Morgan fingerprint density at radius 2 is 2.30 bits per heavy atom. The van der Waals surface area contributed by atoms with Crippen molar-refractivity contribution in [2.75, 3.05) is 6.61 Å². The Morgan fingerprint density at radius 1 is 1.45 bits per heavy atom. The van der Waals surface area contributed by atoms with Crippen molar-refractivity contribution < 1.29 is 9.53 Å². The van der Waals surface area contributed by atoms with Crippen molar-refractivity contribution in [3.8, 4) is 5.75 Å². The predicted molar refractivity (Wildman–Crippen MR) is 74.3 cm³/mol. The molecule has 0 bridgehead atoms. The number of amides is 1. The molecule has 0 aliphatic rings. The minimum atomic E-state index is -0.170.